The van der Waals surface area contributed by atoms with Crippen molar-refractivity contribution >= 4 is 17.5 Å². The summed E-state index contributed by atoms with van der Waals surface area (Å²) in [7, 11) is 3.13. The highest BCUT2D eigenvalue weighted by molar-refractivity contribution is 5.95. The first-order valence-corrected chi connectivity index (χ1v) is 14.3. The summed E-state index contributed by atoms with van der Waals surface area (Å²) in [4.78, 5) is 29.8. The monoisotopic (exact) mass is 539 g/mol. The number of rotatable bonds is 6. The van der Waals surface area contributed by atoms with Gasteiger partial charge in [-0.15, -0.1) is 0 Å². The minimum atomic E-state index is -0.242. The molecule has 0 spiro atoms. The number of hydrogen-bond donors (Lipinski definition) is 2. The van der Waals surface area contributed by atoms with Gasteiger partial charge < -0.3 is 25.0 Å². The van der Waals surface area contributed by atoms with Crippen LogP contribution in [-0.2, 0) is 4.79 Å². The van der Waals surface area contributed by atoms with Gasteiger partial charge in [0.2, 0.25) is 5.91 Å². The van der Waals surface area contributed by atoms with Crippen LogP contribution in [0.25, 0.3) is 0 Å². The maximum atomic E-state index is 14.3. The lowest BCUT2D eigenvalue weighted by molar-refractivity contribution is -0.138. The highest BCUT2D eigenvalue weighted by Gasteiger charge is 2.48. The van der Waals surface area contributed by atoms with Gasteiger partial charge in [-0.25, -0.2) is 0 Å². The Morgan fingerprint density at radius 2 is 1.62 bits per heavy atom. The topological polar surface area (TPSA) is 79.9 Å². The van der Waals surface area contributed by atoms with E-state index in [0.717, 1.165) is 44.3 Å². The van der Waals surface area contributed by atoms with E-state index >= 15 is 0 Å². The molecule has 3 aromatic rings. The molecule has 3 aliphatic rings. The van der Waals surface area contributed by atoms with Crippen molar-refractivity contribution in [2.24, 2.45) is 11.8 Å². The largest absolute Gasteiger partial charge is 0.493 e. The van der Waals surface area contributed by atoms with Crippen LogP contribution >= 0.6 is 0 Å². The first kappa shape index (κ1) is 26.2. The molecule has 6 rings (SSSR count). The summed E-state index contributed by atoms with van der Waals surface area (Å²) in [6.45, 7) is 0.723. The predicted octanol–water partition coefficient (Wildman–Crippen LogP) is 5.75. The molecule has 7 heteroatoms. The minimum Gasteiger partial charge on any atom is -0.493 e. The number of benzene rings is 3. The number of nitrogens with one attached hydrogen (secondary N) is 2. The zero-order valence-corrected chi connectivity index (χ0v) is 23.1. The normalized spacial score (nSPS) is 25.2. The van der Waals surface area contributed by atoms with Gasteiger partial charge in [0.05, 0.1) is 32.2 Å². The molecule has 7 nitrogen and oxygen atoms in total. The average Bonchev–Trinajstić information content (AvgIpc) is 3.46. The predicted molar refractivity (Wildman–Crippen MR) is 155 cm³/mol. The number of nitrogens with zero attached hydrogens (tertiary/aromatic N) is 1. The van der Waals surface area contributed by atoms with Crippen LogP contribution in [0.5, 0.6) is 11.5 Å². The van der Waals surface area contributed by atoms with E-state index in [9.17, 15) is 9.59 Å². The smallest absolute Gasteiger partial charge is 0.251 e. The number of ether oxygens (including phenoxy) is 2. The van der Waals surface area contributed by atoms with E-state index in [-0.39, 0.29) is 41.8 Å². The molecule has 5 atom stereocenters. The molecule has 2 fully saturated rings. The summed E-state index contributed by atoms with van der Waals surface area (Å²) < 4.78 is 10.7. The van der Waals surface area contributed by atoms with Crippen molar-refractivity contribution in [1.29, 1.82) is 0 Å². The second kappa shape index (κ2) is 11.2. The number of hydrogen-bond acceptors (Lipinski definition) is 5. The lowest BCUT2D eigenvalue weighted by atomic mass is 9.79. The van der Waals surface area contributed by atoms with Crippen LogP contribution in [0, 0.1) is 11.8 Å². The highest BCUT2D eigenvalue weighted by atomic mass is 16.5. The van der Waals surface area contributed by atoms with Gasteiger partial charge in [-0.3, -0.25) is 9.59 Å². The molecule has 2 heterocycles. The summed E-state index contributed by atoms with van der Waals surface area (Å²) in [6.07, 6.45) is 4.50. The number of carbonyl (C=O) groups excluding carboxylic acids is 2. The first-order valence-electron chi connectivity index (χ1n) is 14.3. The van der Waals surface area contributed by atoms with E-state index < -0.39 is 0 Å². The van der Waals surface area contributed by atoms with E-state index in [0.29, 0.717) is 17.1 Å². The van der Waals surface area contributed by atoms with Gasteiger partial charge in [-0.05, 0) is 54.7 Å². The van der Waals surface area contributed by atoms with E-state index in [1.165, 1.54) is 11.1 Å². The maximum absolute atomic E-state index is 14.3. The SMILES string of the molecule is COc1ccc(C(=O)NC2CCCCC2C(=O)N2CCC3C(c4ccccc4)Nc4ccccc4C32)cc1OC. The first-order chi connectivity index (χ1) is 19.6. The Balaban J connectivity index is 1.25. The van der Waals surface area contributed by atoms with Gasteiger partial charge >= 0.3 is 0 Å². The second-order valence-electron chi connectivity index (χ2n) is 11.1. The summed E-state index contributed by atoms with van der Waals surface area (Å²) in [5.74, 6) is 1.09. The number of para-hydroxylation sites is 1. The number of anilines is 1. The van der Waals surface area contributed by atoms with Gasteiger partial charge in [0.1, 0.15) is 0 Å². The number of fused-ring (bicyclic) bond motifs is 3. The third-order valence-electron chi connectivity index (χ3n) is 8.95. The van der Waals surface area contributed by atoms with Crippen LogP contribution in [0.1, 0.15) is 65.7 Å². The average molecular weight is 540 g/mol. The molecular formula is C33H37N3O4. The van der Waals surface area contributed by atoms with Crippen LogP contribution in [0.2, 0.25) is 0 Å². The fraction of sp³-hybridized carbons (Fsp3) is 0.394. The van der Waals surface area contributed by atoms with Gasteiger partial charge in [-0.1, -0.05) is 61.4 Å². The Morgan fingerprint density at radius 1 is 0.875 bits per heavy atom. The molecule has 40 heavy (non-hydrogen) atoms. The molecule has 2 N–H and O–H groups in total. The van der Waals surface area contributed by atoms with E-state index in [2.05, 4.69) is 64.1 Å². The minimum absolute atomic E-state index is 0.0132. The van der Waals surface area contributed by atoms with Gasteiger partial charge in [0.25, 0.3) is 5.91 Å². The van der Waals surface area contributed by atoms with E-state index in [1.54, 1.807) is 32.4 Å². The van der Waals surface area contributed by atoms with Crippen molar-refractivity contribution < 1.29 is 19.1 Å². The summed E-state index contributed by atoms with van der Waals surface area (Å²) in [6, 6.07) is 24.1. The molecule has 208 valence electrons. The van der Waals surface area contributed by atoms with Crippen LogP contribution in [-0.4, -0.2) is 43.5 Å². The molecule has 5 unspecified atom stereocenters. The third kappa shape index (κ3) is 4.78. The Hall–Kier alpha value is -4.00. The Kier molecular flexibility index (Phi) is 7.37. The van der Waals surface area contributed by atoms with Crippen molar-refractivity contribution in [2.45, 2.75) is 50.2 Å². The van der Waals surface area contributed by atoms with E-state index in [1.807, 2.05) is 6.07 Å². The highest BCUT2D eigenvalue weighted by Crippen LogP contribution is 2.51. The molecular weight excluding hydrogens is 502 g/mol. The van der Waals surface area contributed by atoms with Crippen LogP contribution < -0.4 is 20.1 Å². The summed E-state index contributed by atoms with van der Waals surface area (Å²) >= 11 is 0. The fourth-order valence-corrected chi connectivity index (χ4v) is 7.00. The molecule has 3 aromatic carbocycles. The molecule has 2 aliphatic heterocycles. The fourth-order valence-electron chi connectivity index (χ4n) is 7.00. The molecule has 0 bridgehead atoms. The number of likely N-dealkylation sites (tertiary alicyclic amines) is 1. The van der Waals surface area contributed by atoms with Gasteiger partial charge in [-0.2, -0.15) is 0 Å². The molecule has 0 aromatic heterocycles. The molecule has 1 saturated heterocycles. The Bertz CT molecular complexity index is 1380. The summed E-state index contributed by atoms with van der Waals surface area (Å²) in [5, 5.41) is 6.99. The quantitative estimate of drug-likeness (QED) is 0.417. The maximum Gasteiger partial charge on any atom is 0.251 e. The van der Waals surface area contributed by atoms with Crippen LogP contribution in [0.15, 0.2) is 72.8 Å². The number of amides is 2. The van der Waals surface area contributed by atoms with E-state index in [4.69, 9.17) is 9.47 Å². The van der Waals surface area contributed by atoms with Gasteiger partial charge in [0.15, 0.2) is 11.5 Å². The molecule has 2 amide bonds. The van der Waals surface area contributed by atoms with Crippen molar-refractivity contribution in [3.05, 3.63) is 89.5 Å². The second-order valence-corrected chi connectivity index (χ2v) is 11.1. The van der Waals surface area contributed by atoms with Crippen molar-refractivity contribution in [3.8, 4) is 11.5 Å². The Labute approximate surface area is 235 Å². The summed E-state index contributed by atoms with van der Waals surface area (Å²) in [5.41, 5.74) is 4.03. The lowest BCUT2D eigenvalue weighted by Gasteiger charge is -2.42. The van der Waals surface area contributed by atoms with Crippen molar-refractivity contribution in [3.63, 3.8) is 0 Å². The molecule has 1 aliphatic carbocycles. The van der Waals surface area contributed by atoms with Gasteiger partial charge in [0, 0.05) is 29.8 Å². The Morgan fingerprint density at radius 3 is 2.42 bits per heavy atom. The van der Waals surface area contributed by atoms with Crippen molar-refractivity contribution in [1.82, 2.24) is 10.2 Å². The third-order valence-corrected chi connectivity index (χ3v) is 8.95. The van der Waals surface area contributed by atoms with Crippen LogP contribution in [0.3, 0.4) is 0 Å². The van der Waals surface area contributed by atoms with Crippen LogP contribution in [0.4, 0.5) is 5.69 Å². The molecule has 1 saturated carbocycles. The number of carbonyl (C=O) groups is 2. The van der Waals surface area contributed by atoms with Crippen molar-refractivity contribution in [2.75, 3.05) is 26.1 Å². The molecule has 0 radical (unpaired) electrons. The number of methoxy groups -OCH3 is 2. The zero-order chi connectivity index (χ0) is 27.6. The lowest BCUT2D eigenvalue weighted by Crippen LogP contribution is -2.50. The zero-order valence-electron chi connectivity index (χ0n) is 23.1. The standard InChI is InChI=1S/C33H37N3O4/c1-39-28-17-16-22(20-29(28)40-2)32(37)35-27-15-9-7-13-24(27)33(38)36-19-18-25-30(21-10-4-3-5-11-21)34-26-14-8-6-12-23(26)31(25)36/h3-6,8,10-12,14,16-17,20,24-25,27,30-31,34H,7,9,13,15,18-19H2,1-2H3,(H,35,37).